The molecule has 1 aromatic heterocycles. The van der Waals surface area contributed by atoms with Crippen LogP contribution in [-0.2, 0) is 0 Å². The molecule has 140 valence electrons. The molecule has 0 saturated heterocycles. The highest BCUT2D eigenvalue weighted by atomic mass is 15.3. The molecule has 0 spiro atoms. The number of hydrogen-bond acceptors (Lipinski definition) is 6. The van der Waals surface area contributed by atoms with E-state index in [9.17, 15) is 0 Å². The summed E-state index contributed by atoms with van der Waals surface area (Å²) < 4.78 is 0. The molecule has 0 bridgehead atoms. The minimum atomic E-state index is 0.464. The number of aromatic nitrogens is 3. The number of nitrogens with zero attached hydrogens (tertiary/aromatic N) is 4. The third kappa shape index (κ3) is 4.73. The van der Waals surface area contributed by atoms with Crippen molar-refractivity contribution in [3.63, 3.8) is 0 Å². The summed E-state index contributed by atoms with van der Waals surface area (Å²) in [5.74, 6) is 1.11. The molecule has 6 nitrogen and oxygen atoms in total. The zero-order valence-electron chi connectivity index (χ0n) is 16.3. The van der Waals surface area contributed by atoms with Gasteiger partial charge < -0.3 is 15.5 Å². The normalized spacial score (nSPS) is 10.5. The molecule has 0 aliphatic heterocycles. The number of nitrogens with one attached hydrogen (secondary N) is 2. The monoisotopic (exact) mass is 362 g/mol. The third-order valence-electron chi connectivity index (χ3n) is 4.47. The number of anilines is 5. The second-order valence-electron chi connectivity index (χ2n) is 6.45. The maximum Gasteiger partial charge on any atom is 0.249 e. The van der Waals surface area contributed by atoms with Gasteiger partial charge >= 0.3 is 0 Å². The van der Waals surface area contributed by atoms with Gasteiger partial charge in [0.25, 0.3) is 0 Å². The Labute approximate surface area is 160 Å². The summed E-state index contributed by atoms with van der Waals surface area (Å²) in [5.41, 5.74) is 5.51. The van der Waals surface area contributed by atoms with Gasteiger partial charge in [-0.1, -0.05) is 17.7 Å². The average Bonchev–Trinajstić information content (AvgIpc) is 2.67. The SMILES string of the molecule is CCN(CC)c1ccc(Nc2nncc(Nc3ccc(C)cc3)n2)c(C)c1. The van der Waals surface area contributed by atoms with E-state index in [1.165, 1.54) is 11.3 Å². The average molecular weight is 362 g/mol. The van der Waals surface area contributed by atoms with Crippen molar-refractivity contribution in [1.82, 2.24) is 15.2 Å². The molecule has 0 aliphatic carbocycles. The van der Waals surface area contributed by atoms with E-state index in [2.05, 4.69) is 88.7 Å². The highest BCUT2D eigenvalue weighted by Crippen LogP contribution is 2.25. The van der Waals surface area contributed by atoms with E-state index in [1.54, 1.807) is 6.20 Å². The van der Waals surface area contributed by atoms with Crippen molar-refractivity contribution in [1.29, 1.82) is 0 Å². The summed E-state index contributed by atoms with van der Waals surface area (Å²) in [6, 6.07) is 14.5. The Bertz CT molecular complexity index is 887. The Kier molecular flexibility index (Phi) is 5.86. The van der Waals surface area contributed by atoms with Gasteiger partial charge in [0.2, 0.25) is 5.95 Å². The first-order valence-electron chi connectivity index (χ1n) is 9.25. The van der Waals surface area contributed by atoms with Crippen molar-refractivity contribution < 1.29 is 0 Å². The standard InChI is InChI=1S/C21H26N6/c1-5-27(6-2)18-11-12-19(16(4)13-18)24-21-25-20(14-22-26-21)23-17-9-7-15(3)8-10-17/h7-14H,5-6H2,1-4H3,(H2,23,24,25,26). The summed E-state index contributed by atoms with van der Waals surface area (Å²) in [4.78, 5) is 6.83. The topological polar surface area (TPSA) is 66.0 Å². The quantitative estimate of drug-likeness (QED) is 0.628. The summed E-state index contributed by atoms with van der Waals surface area (Å²) in [6.45, 7) is 10.4. The van der Waals surface area contributed by atoms with Gasteiger partial charge in [0, 0.05) is 30.2 Å². The molecule has 1 heterocycles. The lowest BCUT2D eigenvalue weighted by Gasteiger charge is -2.22. The number of benzene rings is 2. The van der Waals surface area contributed by atoms with Crippen molar-refractivity contribution in [3.05, 3.63) is 59.8 Å². The summed E-state index contributed by atoms with van der Waals surface area (Å²) >= 11 is 0. The zero-order chi connectivity index (χ0) is 19.2. The van der Waals surface area contributed by atoms with Crippen LogP contribution in [0.15, 0.2) is 48.7 Å². The van der Waals surface area contributed by atoms with Gasteiger partial charge in [-0.25, -0.2) is 0 Å². The van der Waals surface area contributed by atoms with Gasteiger partial charge in [0.05, 0.1) is 6.20 Å². The molecule has 0 aliphatic rings. The molecule has 0 atom stereocenters. The molecular formula is C21H26N6. The Hall–Kier alpha value is -3.15. The van der Waals surface area contributed by atoms with Gasteiger partial charge in [-0.3, -0.25) is 0 Å². The van der Waals surface area contributed by atoms with Crippen LogP contribution in [0.4, 0.5) is 28.8 Å². The van der Waals surface area contributed by atoms with Crippen LogP contribution in [-0.4, -0.2) is 28.3 Å². The number of aryl methyl sites for hydroxylation is 2. The second kappa shape index (κ2) is 8.49. The van der Waals surface area contributed by atoms with E-state index >= 15 is 0 Å². The minimum absolute atomic E-state index is 0.464. The highest BCUT2D eigenvalue weighted by Gasteiger charge is 2.07. The lowest BCUT2D eigenvalue weighted by Crippen LogP contribution is -2.21. The maximum absolute atomic E-state index is 4.51. The fourth-order valence-electron chi connectivity index (χ4n) is 2.90. The van der Waals surface area contributed by atoms with Crippen LogP contribution in [0.25, 0.3) is 0 Å². The van der Waals surface area contributed by atoms with Crippen LogP contribution in [0, 0.1) is 13.8 Å². The largest absolute Gasteiger partial charge is 0.372 e. The van der Waals surface area contributed by atoms with Crippen LogP contribution in [0.1, 0.15) is 25.0 Å². The summed E-state index contributed by atoms with van der Waals surface area (Å²) in [5, 5.41) is 14.7. The Balaban J connectivity index is 1.75. The fourth-order valence-corrected chi connectivity index (χ4v) is 2.90. The van der Waals surface area contributed by atoms with Crippen molar-refractivity contribution in [2.45, 2.75) is 27.7 Å². The maximum atomic E-state index is 4.51. The highest BCUT2D eigenvalue weighted by molar-refractivity contribution is 5.65. The van der Waals surface area contributed by atoms with Crippen molar-refractivity contribution >= 4 is 28.8 Å². The van der Waals surface area contributed by atoms with Gasteiger partial charge in [-0.15, -0.1) is 5.10 Å². The molecule has 0 radical (unpaired) electrons. The molecule has 3 aromatic rings. The van der Waals surface area contributed by atoms with Gasteiger partial charge in [0.15, 0.2) is 5.82 Å². The molecule has 0 amide bonds. The summed E-state index contributed by atoms with van der Waals surface area (Å²) in [6.07, 6.45) is 1.61. The zero-order valence-corrected chi connectivity index (χ0v) is 16.3. The molecule has 2 aromatic carbocycles. The molecule has 0 unspecified atom stereocenters. The first kappa shape index (κ1) is 18.6. The van der Waals surface area contributed by atoms with E-state index in [4.69, 9.17) is 0 Å². The predicted molar refractivity (Wildman–Crippen MR) is 112 cm³/mol. The molecular weight excluding hydrogens is 336 g/mol. The number of hydrogen-bond donors (Lipinski definition) is 2. The van der Waals surface area contributed by atoms with Gasteiger partial charge in [-0.05, 0) is 63.6 Å². The lowest BCUT2D eigenvalue weighted by atomic mass is 10.1. The van der Waals surface area contributed by atoms with Crippen molar-refractivity contribution in [2.75, 3.05) is 28.6 Å². The smallest absolute Gasteiger partial charge is 0.249 e. The predicted octanol–water partition coefficient (Wildman–Crippen LogP) is 4.82. The van der Waals surface area contributed by atoms with Crippen LogP contribution in [0.2, 0.25) is 0 Å². The Morgan fingerprint density at radius 1 is 0.926 bits per heavy atom. The van der Waals surface area contributed by atoms with Crippen LogP contribution in [0.5, 0.6) is 0 Å². The van der Waals surface area contributed by atoms with Crippen LogP contribution >= 0.6 is 0 Å². The minimum Gasteiger partial charge on any atom is -0.372 e. The third-order valence-corrected chi connectivity index (χ3v) is 4.47. The second-order valence-corrected chi connectivity index (χ2v) is 6.45. The van der Waals surface area contributed by atoms with Gasteiger partial charge in [0.1, 0.15) is 0 Å². The number of rotatable bonds is 7. The first-order valence-corrected chi connectivity index (χ1v) is 9.25. The van der Waals surface area contributed by atoms with E-state index in [0.717, 1.165) is 30.0 Å². The van der Waals surface area contributed by atoms with E-state index in [-0.39, 0.29) is 0 Å². The Morgan fingerprint density at radius 3 is 2.33 bits per heavy atom. The lowest BCUT2D eigenvalue weighted by molar-refractivity contribution is 0.865. The van der Waals surface area contributed by atoms with Crippen LogP contribution in [0.3, 0.4) is 0 Å². The molecule has 27 heavy (non-hydrogen) atoms. The first-order chi connectivity index (χ1) is 13.1. The van der Waals surface area contributed by atoms with E-state index in [1.807, 2.05) is 12.1 Å². The fraction of sp³-hybridized carbons (Fsp3) is 0.286. The Morgan fingerprint density at radius 2 is 1.67 bits per heavy atom. The van der Waals surface area contributed by atoms with Crippen molar-refractivity contribution in [2.24, 2.45) is 0 Å². The van der Waals surface area contributed by atoms with Crippen LogP contribution < -0.4 is 15.5 Å². The summed E-state index contributed by atoms with van der Waals surface area (Å²) in [7, 11) is 0. The van der Waals surface area contributed by atoms with Crippen molar-refractivity contribution in [3.8, 4) is 0 Å². The molecule has 0 fully saturated rings. The van der Waals surface area contributed by atoms with E-state index < -0.39 is 0 Å². The molecule has 6 heteroatoms. The van der Waals surface area contributed by atoms with E-state index in [0.29, 0.717) is 11.8 Å². The van der Waals surface area contributed by atoms with Gasteiger partial charge in [-0.2, -0.15) is 10.1 Å². The molecule has 3 rings (SSSR count). The molecule has 0 saturated carbocycles. The molecule has 2 N–H and O–H groups in total.